The van der Waals surface area contributed by atoms with Gasteiger partial charge in [-0.15, -0.1) is 10.2 Å². The van der Waals surface area contributed by atoms with Gasteiger partial charge in [-0.3, -0.25) is 4.79 Å². The summed E-state index contributed by atoms with van der Waals surface area (Å²) in [4.78, 5) is 11.9. The van der Waals surface area contributed by atoms with Crippen LogP contribution in [0.1, 0.15) is 5.69 Å². The molecular formula is C22H18N6O3. The molecule has 9 nitrogen and oxygen atoms in total. The summed E-state index contributed by atoms with van der Waals surface area (Å²) < 4.78 is 13.5. The minimum absolute atomic E-state index is 0.0143. The minimum Gasteiger partial charge on any atom is -0.497 e. The predicted molar refractivity (Wildman–Crippen MR) is 113 cm³/mol. The molecule has 3 heterocycles. The summed E-state index contributed by atoms with van der Waals surface area (Å²) in [7, 11) is 2.97. The summed E-state index contributed by atoms with van der Waals surface area (Å²) in [5, 5.41) is 18.0. The van der Waals surface area contributed by atoms with E-state index in [-0.39, 0.29) is 6.42 Å². The molecule has 0 radical (unpaired) electrons. The monoisotopic (exact) mass is 414 g/mol. The van der Waals surface area contributed by atoms with Crippen LogP contribution in [-0.2, 0) is 16.0 Å². The fourth-order valence-electron chi connectivity index (χ4n) is 3.48. The summed E-state index contributed by atoms with van der Waals surface area (Å²) in [6, 6.07) is 17.3. The largest absolute Gasteiger partial charge is 0.497 e. The van der Waals surface area contributed by atoms with Gasteiger partial charge in [-0.05, 0) is 29.8 Å². The molecule has 0 bridgehead atoms. The Hall–Kier alpha value is -4.27. The van der Waals surface area contributed by atoms with Crippen molar-refractivity contribution < 1.29 is 14.3 Å². The van der Waals surface area contributed by atoms with Gasteiger partial charge in [-0.1, -0.05) is 30.3 Å². The number of nitrogens with zero attached hydrogens (tertiary/aromatic N) is 6. The Kier molecular flexibility index (Phi) is 4.55. The molecule has 0 aliphatic carbocycles. The summed E-state index contributed by atoms with van der Waals surface area (Å²) >= 11 is 0. The number of hydrogen-bond acceptors (Lipinski definition) is 7. The fourth-order valence-corrected chi connectivity index (χ4v) is 3.48. The highest BCUT2D eigenvalue weighted by molar-refractivity contribution is 5.86. The first-order valence-corrected chi connectivity index (χ1v) is 9.58. The van der Waals surface area contributed by atoms with Crippen LogP contribution in [0.5, 0.6) is 5.75 Å². The normalized spacial score (nSPS) is 11.2. The molecule has 0 saturated carbocycles. The zero-order valence-corrected chi connectivity index (χ0v) is 16.9. The maximum Gasteiger partial charge on any atom is 0.311 e. The van der Waals surface area contributed by atoms with Crippen LogP contribution in [0.25, 0.3) is 33.6 Å². The highest BCUT2D eigenvalue weighted by Gasteiger charge is 2.22. The van der Waals surface area contributed by atoms with E-state index in [1.165, 1.54) is 7.11 Å². The van der Waals surface area contributed by atoms with Crippen molar-refractivity contribution in [3.05, 3.63) is 66.5 Å². The SMILES string of the molecule is COC(=O)Cc1nn(-c2ccccc2)c2c1nnc1c(-c3ccc(OC)cc3)cnn12. The number of methoxy groups -OCH3 is 2. The van der Waals surface area contributed by atoms with Crippen molar-refractivity contribution in [3.8, 4) is 22.6 Å². The predicted octanol–water partition coefficient (Wildman–Crippen LogP) is 2.85. The summed E-state index contributed by atoms with van der Waals surface area (Å²) in [5.41, 5.74) is 4.75. The molecule has 31 heavy (non-hydrogen) atoms. The maximum absolute atomic E-state index is 11.9. The van der Waals surface area contributed by atoms with Gasteiger partial charge in [0.15, 0.2) is 16.8 Å². The number of fused-ring (bicyclic) bond motifs is 3. The van der Waals surface area contributed by atoms with Crippen molar-refractivity contribution in [3.63, 3.8) is 0 Å². The third-order valence-corrected chi connectivity index (χ3v) is 5.04. The topological polar surface area (TPSA) is 96.4 Å². The van der Waals surface area contributed by atoms with Gasteiger partial charge in [0.2, 0.25) is 0 Å². The lowest BCUT2D eigenvalue weighted by Crippen LogP contribution is -2.06. The average Bonchev–Trinajstić information content (AvgIpc) is 3.41. The van der Waals surface area contributed by atoms with Crippen LogP contribution >= 0.6 is 0 Å². The van der Waals surface area contributed by atoms with E-state index in [4.69, 9.17) is 9.47 Å². The van der Waals surface area contributed by atoms with Gasteiger partial charge >= 0.3 is 5.97 Å². The van der Waals surface area contributed by atoms with Crippen LogP contribution in [-0.4, -0.2) is 49.8 Å². The number of carbonyl (C=O) groups is 1. The first-order chi connectivity index (χ1) is 15.2. The smallest absolute Gasteiger partial charge is 0.311 e. The Morgan fingerprint density at radius 2 is 1.77 bits per heavy atom. The van der Waals surface area contributed by atoms with E-state index in [0.29, 0.717) is 22.5 Å². The molecule has 2 aromatic carbocycles. The van der Waals surface area contributed by atoms with Crippen molar-refractivity contribution in [2.45, 2.75) is 6.42 Å². The number of benzene rings is 2. The molecule has 0 unspecified atom stereocenters. The number of carbonyl (C=O) groups excluding carboxylic acids is 1. The number of rotatable bonds is 5. The summed E-state index contributed by atoms with van der Waals surface area (Å²) in [6.07, 6.45) is 1.73. The fraction of sp³-hybridized carbons (Fsp3) is 0.136. The van der Waals surface area contributed by atoms with Crippen molar-refractivity contribution in [2.75, 3.05) is 14.2 Å². The number of ether oxygens (including phenoxy) is 2. The van der Waals surface area contributed by atoms with Gasteiger partial charge in [0.25, 0.3) is 0 Å². The van der Waals surface area contributed by atoms with Gasteiger partial charge in [0, 0.05) is 5.56 Å². The van der Waals surface area contributed by atoms with Gasteiger partial charge in [0.05, 0.1) is 32.5 Å². The molecule has 5 rings (SSSR count). The van der Waals surface area contributed by atoms with E-state index in [1.54, 1.807) is 22.5 Å². The second-order valence-electron chi connectivity index (χ2n) is 6.84. The quantitative estimate of drug-likeness (QED) is 0.408. The minimum atomic E-state index is -0.402. The lowest BCUT2D eigenvalue weighted by atomic mass is 10.1. The Morgan fingerprint density at radius 3 is 2.48 bits per heavy atom. The summed E-state index contributed by atoms with van der Waals surface area (Å²) in [6.45, 7) is 0. The van der Waals surface area contributed by atoms with Crippen molar-refractivity contribution in [1.82, 2.24) is 29.6 Å². The van der Waals surface area contributed by atoms with Crippen molar-refractivity contribution >= 4 is 22.8 Å². The lowest BCUT2D eigenvalue weighted by Gasteiger charge is -2.04. The zero-order chi connectivity index (χ0) is 21.4. The molecular weight excluding hydrogens is 396 g/mol. The van der Waals surface area contributed by atoms with E-state index in [9.17, 15) is 4.79 Å². The van der Waals surface area contributed by atoms with E-state index >= 15 is 0 Å². The van der Waals surface area contributed by atoms with Crippen LogP contribution < -0.4 is 4.74 Å². The molecule has 0 fully saturated rings. The molecule has 154 valence electrons. The number of hydrogen-bond donors (Lipinski definition) is 0. The third kappa shape index (κ3) is 3.16. The molecule has 0 spiro atoms. The molecule has 0 amide bonds. The van der Waals surface area contributed by atoms with Crippen LogP contribution in [0.2, 0.25) is 0 Å². The number of para-hydroxylation sites is 1. The van der Waals surface area contributed by atoms with Gasteiger partial charge < -0.3 is 9.47 Å². The molecule has 0 aliphatic rings. The molecule has 5 aromatic rings. The number of aromatic nitrogens is 6. The highest BCUT2D eigenvalue weighted by atomic mass is 16.5. The number of esters is 1. The molecule has 0 N–H and O–H groups in total. The Balaban J connectivity index is 1.75. The standard InChI is InChI=1S/C22H18N6O3/c1-30-16-10-8-14(9-11-16)17-13-23-28-21(17)25-24-20-18(12-19(29)31-2)26-27(22(20)28)15-6-4-3-5-7-15/h3-11,13H,12H2,1-2H3. The third-order valence-electron chi connectivity index (χ3n) is 5.04. The molecule has 3 aromatic heterocycles. The van der Waals surface area contributed by atoms with E-state index in [2.05, 4.69) is 20.4 Å². The Morgan fingerprint density at radius 1 is 1.00 bits per heavy atom. The maximum atomic E-state index is 11.9. The van der Waals surface area contributed by atoms with E-state index < -0.39 is 5.97 Å². The van der Waals surface area contributed by atoms with Gasteiger partial charge in [-0.2, -0.15) is 14.7 Å². The van der Waals surface area contributed by atoms with Crippen molar-refractivity contribution in [2.24, 2.45) is 0 Å². The first-order valence-electron chi connectivity index (χ1n) is 9.58. The molecule has 0 aliphatic heterocycles. The lowest BCUT2D eigenvalue weighted by molar-refractivity contribution is -0.139. The van der Waals surface area contributed by atoms with Gasteiger partial charge in [-0.25, -0.2) is 4.68 Å². The summed E-state index contributed by atoms with van der Waals surface area (Å²) in [5.74, 6) is 0.365. The van der Waals surface area contributed by atoms with E-state index in [1.807, 2.05) is 54.6 Å². The van der Waals surface area contributed by atoms with Gasteiger partial charge in [0.1, 0.15) is 11.4 Å². The van der Waals surface area contributed by atoms with Crippen LogP contribution in [0.15, 0.2) is 60.8 Å². The Labute approximate surface area is 176 Å². The first kappa shape index (κ1) is 18.7. The molecule has 9 heteroatoms. The second kappa shape index (κ2) is 7.52. The zero-order valence-electron chi connectivity index (χ0n) is 16.9. The van der Waals surface area contributed by atoms with Crippen molar-refractivity contribution in [1.29, 1.82) is 0 Å². The van der Waals surface area contributed by atoms with Crippen LogP contribution in [0.3, 0.4) is 0 Å². The molecule has 0 atom stereocenters. The molecule has 0 saturated heterocycles. The van der Waals surface area contributed by atoms with E-state index in [0.717, 1.165) is 22.6 Å². The van der Waals surface area contributed by atoms with Crippen LogP contribution in [0, 0.1) is 0 Å². The Bertz CT molecular complexity index is 1390. The average molecular weight is 414 g/mol. The van der Waals surface area contributed by atoms with Crippen LogP contribution in [0.4, 0.5) is 0 Å². The second-order valence-corrected chi connectivity index (χ2v) is 6.84. The highest BCUT2D eigenvalue weighted by Crippen LogP contribution is 2.28.